The molecule has 196 valence electrons. The topological polar surface area (TPSA) is 107 Å². The predicted octanol–water partition coefficient (Wildman–Crippen LogP) is 4.15. The monoisotopic (exact) mass is 533 g/mol. The molecule has 4 aliphatic rings. The Morgan fingerprint density at radius 2 is 1.94 bits per heavy atom. The second kappa shape index (κ2) is 9.14. The van der Waals surface area contributed by atoms with Gasteiger partial charge in [0.15, 0.2) is 6.61 Å². The number of carbonyl (C=O) groups is 1. The lowest BCUT2D eigenvalue weighted by molar-refractivity contribution is -0.352. The molecule has 4 fully saturated rings. The zero-order chi connectivity index (χ0) is 25.7. The number of rotatable bonds is 7. The summed E-state index contributed by atoms with van der Waals surface area (Å²) in [4.78, 5) is 12.6. The standard InChI is InChI=1S/C23H24ClF4N3O5/c24-15-2-1-13(9-16(15)25)34-11-18(33)29-22-5-3-21(4-6-22,10-17(22)32)20-31-30-19(35-20)12-7-14(8-12)36-23(26,27)28/h1-2,9,12,14,17,32H,3-8,10-11H2,(H,29,33)/t12-,14+,17?,21?,22?. The van der Waals surface area contributed by atoms with Gasteiger partial charge in [-0.1, -0.05) is 11.6 Å². The van der Waals surface area contributed by atoms with Gasteiger partial charge in [0.1, 0.15) is 11.6 Å². The molecule has 1 aromatic heterocycles. The maximum atomic E-state index is 13.6. The van der Waals surface area contributed by atoms with Gasteiger partial charge in [-0.2, -0.15) is 0 Å². The van der Waals surface area contributed by atoms with Crippen LogP contribution in [0.4, 0.5) is 17.6 Å². The SMILES string of the molecule is O=C(COc1ccc(Cl)c(F)c1)NC12CCC(c3nnc([C@H]4C[C@@H](OC(F)(F)F)C4)o3)(CC1)CC2O. The van der Waals surface area contributed by atoms with Gasteiger partial charge in [0.2, 0.25) is 11.8 Å². The van der Waals surface area contributed by atoms with Gasteiger partial charge in [-0.15, -0.1) is 23.4 Å². The van der Waals surface area contributed by atoms with E-state index in [4.69, 9.17) is 20.8 Å². The summed E-state index contributed by atoms with van der Waals surface area (Å²) in [7, 11) is 0. The van der Waals surface area contributed by atoms with Crippen molar-refractivity contribution in [1.82, 2.24) is 15.5 Å². The molecule has 0 spiro atoms. The maximum Gasteiger partial charge on any atom is 0.522 e. The number of nitrogens with zero attached hydrogens (tertiary/aromatic N) is 2. The summed E-state index contributed by atoms with van der Waals surface area (Å²) < 4.78 is 65.9. The van der Waals surface area contributed by atoms with Gasteiger partial charge in [0.25, 0.3) is 5.91 Å². The molecule has 13 heteroatoms. The van der Waals surface area contributed by atoms with Crippen molar-refractivity contribution >= 4 is 17.5 Å². The summed E-state index contributed by atoms with van der Waals surface area (Å²) in [5.41, 5.74) is -1.38. The summed E-state index contributed by atoms with van der Waals surface area (Å²) >= 11 is 5.64. The van der Waals surface area contributed by atoms with Crippen molar-refractivity contribution in [1.29, 1.82) is 0 Å². The van der Waals surface area contributed by atoms with Crippen molar-refractivity contribution < 1.29 is 41.4 Å². The zero-order valence-electron chi connectivity index (χ0n) is 19.0. The van der Waals surface area contributed by atoms with Crippen molar-refractivity contribution in [3.63, 3.8) is 0 Å². The number of halogens is 5. The second-order valence-corrected chi connectivity index (χ2v) is 10.3. The van der Waals surface area contributed by atoms with Crippen molar-refractivity contribution in [3.05, 3.63) is 40.8 Å². The number of aliphatic hydroxyl groups excluding tert-OH is 1. The smallest absolute Gasteiger partial charge is 0.484 e. The first-order valence-corrected chi connectivity index (χ1v) is 12.0. The number of nitrogens with one attached hydrogen (secondary N) is 1. The molecule has 2 bridgehead atoms. The molecular formula is C23H24ClF4N3O5. The highest BCUT2D eigenvalue weighted by Gasteiger charge is 2.57. The number of aromatic nitrogens is 2. The predicted molar refractivity (Wildman–Crippen MR) is 116 cm³/mol. The van der Waals surface area contributed by atoms with Crippen LogP contribution < -0.4 is 10.1 Å². The van der Waals surface area contributed by atoms with E-state index in [-0.39, 0.29) is 42.0 Å². The fourth-order valence-electron chi connectivity index (χ4n) is 5.48. The van der Waals surface area contributed by atoms with Gasteiger partial charge in [-0.25, -0.2) is 4.39 Å². The minimum atomic E-state index is -4.67. The van der Waals surface area contributed by atoms with Crippen molar-refractivity contribution in [2.75, 3.05) is 6.61 Å². The van der Waals surface area contributed by atoms with Gasteiger partial charge in [0, 0.05) is 12.0 Å². The van der Waals surface area contributed by atoms with Gasteiger partial charge in [-0.05, 0) is 57.1 Å². The lowest BCUT2D eigenvalue weighted by Crippen LogP contribution is -2.66. The summed E-state index contributed by atoms with van der Waals surface area (Å²) in [6.45, 7) is -0.353. The summed E-state index contributed by atoms with van der Waals surface area (Å²) in [5, 5.41) is 22.0. The number of hydrogen-bond donors (Lipinski definition) is 2. The van der Waals surface area contributed by atoms with Gasteiger partial charge in [-0.3, -0.25) is 9.53 Å². The Kier molecular flexibility index (Phi) is 6.40. The van der Waals surface area contributed by atoms with E-state index >= 15 is 0 Å². The van der Waals surface area contributed by atoms with Crippen LogP contribution in [0.3, 0.4) is 0 Å². The number of amides is 1. The molecule has 4 saturated carbocycles. The van der Waals surface area contributed by atoms with Crippen LogP contribution in [0.15, 0.2) is 22.6 Å². The maximum absolute atomic E-state index is 13.6. The van der Waals surface area contributed by atoms with Crippen molar-refractivity contribution in [2.45, 2.75) is 80.4 Å². The molecule has 1 amide bonds. The first-order valence-electron chi connectivity index (χ1n) is 11.6. The molecule has 6 rings (SSSR count). The first kappa shape index (κ1) is 25.2. The fourth-order valence-corrected chi connectivity index (χ4v) is 5.60. The third-order valence-corrected chi connectivity index (χ3v) is 7.92. The van der Waals surface area contributed by atoms with E-state index in [9.17, 15) is 27.5 Å². The van der Waals surface area contributed by atoms with Crippen molar-refractivity contribution in [2.24, 2.45) is 0 Å². The summed E-state index contributed by atoms with van der Waals surface area (Å²) in [6, 6.07) is 3.87. The van der Waals surface area contributed by atoms with E-state index < -0.39 is 41.2 Å². The highest BCUT2D eigenvalue weighted by Crippen LogP contribution is 2.54. The van der Waals surface area contributed by atoms with Gasteiger partial charge in [0.05, 0.1) is 28.2 Å². The van der Waals surface area contributed by atoms with Crippen LogP contribution in [-0.4, -0.2) is 51.9 Å². The number of alkyl halides is 3. The third kappa shape index (κ3) is 4.90. The Morgan fingerprint density at radius 1 is 1.22 bits per heavy atom. The van der Waals surface area contributed by atoms with Gasteiger partial charge < -0.3 is 19.6 Å². The molecule has 4 aliphatic carbocycles. The minimum absolute atomic E-state index is 0.0533. The number of ether oxygens (including phenoxy) is 2. The van der Waals surface area contributed by atoms with Gasteiger partial charge >= 0.3 is 6.36 Å². The van der Waals surface area contributed by atoms with E-state index in [1.165, 1.54) is 12.1 Å². The Hall–Kier alpha value is -2.44. The highest BCUT2D eigenvalue weighted by atomic mass is 35.5. The van der Waals surface area contributed by atoms with E-state index in [1.54, 1.807) is 0 Å². The van der Waals surface area contributed by atoms with Crippen LogP contribution in [0.25, 0.3) is 0 Å². The van der Waals surface area contributed by atoms with Crippen LogP contribution in [-0.2, 0) is 14.9 Å². The van der Waals surface area contributed by atoms with Crippen LogP contribution in [0.5, 0.6) is 5.75 Å². The normalized spacial score (nSPS) is 31.7. The molecule has 8 nitrogen and oxygen atoms in total. The fraction of sp³-hybridized carbons (Fsp3) is 0.609. The number of aliphatic hydroxyl groups is 1. The average molecular weight is 534 g/mol. The lowest BCUT2D eigenvalue weighted by Gasteiger charge is -2.54. The molecule has 1 unspecified atom stereocenters. The van der Waals surface area contributed by atoms with Crippen LogP contribution >= 0.6 is 11.6 Å². The number of hydrogen-bond acceptors (Lipinski definition) is 7. The van der Waals surface area contributed by atoms with Crippen molar-refractivity contribution in [3.8, 4) is 5.75 Å². The van der Waals surface area contributed by atoms with E-state index in [0.717, 1.165) is 6.07 Å². The molecule has 2 N–H and O–H groups in total. The number of benzene rings is 1. The van der Waals surface area contributed by atoms with E-state index in [2.05, 4.69) is 20.3 Å². The molecule has 1 atom stereocenters. The lowest BCUT2D eigenvalue weighted by atomic mass is 9.55. The minimum Gasteiger partial charge on any atom is -0.484 e. The Bertz CT molecular complexity index is 1130. The second-order valence-electron chi connectivity index (χ2n) is 9.87. The Morgan fingerprint density at radius 3 is 2.58 bits per heavy atom. The molecule has 0 radical (unpaired) electrons. The third-order valence-electron chi connectivity index (χ3n) is 7.61. The summed E-state index contributed by atoms with van der Waals surface area (Å²) in [6.07, 6.45) is -3.76. The van der Waals surface area contributed by atoms with E-state index in [0.29, 0.717) is 38.0 Å². The van der Waals surface area contributed by atoms with Crippen LogP contribution in [0, 0.1) is 5.82 Å². The Balaban J connectivity index is 1.17. The average Bonchev–Trinajstić information content (AvgIpc) is 3.28. The molecule has 0 saturated heterocycles. The molecule has 36 heavy (non-hydrogen) atoms. The Labute approximate surface area is 208 Å². The largest absolute Gasteiger partial charge is 0.522 e. The quantitative estimate of drug-likeness (QED) is 0.515. The molecule has 2 aromatic rings. The number of fused-ring (bicyclic) bond motifs is 3. The molecule has 0 aliphatic heterocycles. The molecule has 1 heterocycles. The molecule has 1 aromatic carbocycles. The number of carbonyl (C=O) groups excluding carboxylic acids is 1. The van der Waals surface area contributed by atoms with Crippen LogP contribution in [0.1, 0.15) is 62.6 Å². The van der Waals surface area contributed by atoms with Crippen LogP contribution in [0.2, 0.25) is 5.02 Å². The first-order chi connectivity index (χ1) is 17.0. The molecular weight excluding hydrogens is 510 g/mol. The highest BCUT2D eigenvalue weighted by molar-refractivity contribution is 6.30. The van der Waals surface area contributed by atoms with E-state index in [1.807, 2.05) is 0 Å². The summed E-state index contributed by atoms with van der Waals surface area (Å²) in [5.74, 6) is -0.590. The zero-order valence-corrected chi connectivity index (χ0v) is 19.7.